The molecule has 0 aliphatic heterocycles. The van der Waals surface area contributed by atoms with Crippen molar-refractivity contribution in [3.63, 3.8) is 0 Å². The van der Waals surface area contributed by atoms with E-state index in [1.54, 1.807) is 12.2 Å². The van der Waals surface area contributed by atoms with Gasteiger partial charge in [-0.1, -0.05) is 36.4 Å². The molecule has 4 nitrogen and oxygen atoms in total. The minimum Gasteiger partial charge on any atom is -0.480 e. The van der Waals surface area contributed by atoms with Crippen LogP contribution in [0, 0.1) is 0 Å². The Labute approximate surface area is 112 Å². The van der Waals surface area contributed by atoms with Crippen molar-refractivity contribution in [1.82, 2.24) is 5.32 Å². The third kappa shape index (κ3) is 2.84. The molecule has 1 aromatic rings. The summed E-state index contributed by atoms with van der Waals surface area (Å²) in [6.45, 7) is 1.82. The summed E-state index contributed by atoms with van der Waals surface area (Å²) >= 11 is 0. The molecular weight excluding hydrogens is 242 g/mol. The van der Waals surface area contributed by atoms with Gasteiger partial charge in [0.2, 0.25) is 5.91 Å². The summed E-state index contributed by atoms with van der Waals surface area (Å²) < 4.78 is 0. The second-order valence-corrected chi connectivity index (χ2v) is 4.66. The standard InChI is InChI=1S/C15H17NO3/c1-2-3-8-13(15(18)19)16-14(17)12-9-10-6-4-5-7-11(10)12/h2-7,12-13H,8-9H2,1H3,(H,16,17)(H,18,19)/b3-2+. The molecule has 1 aromatic carbocycles. The number of amides is 1. The predicted octanol–water partition coefficient (Wildman–Crippen LogP) is 1.86. The average molecular weight is 259 g/mol. The van der Waals surface area contributed by atoms with Crippen LogP contribution in [0.1, 0.15) is 30.4 Å². The molecule has 19 heavy (non-hydrogen) atoms. The van der Waals surface area contributed by atoms with Crippen molar-refractivity contribution in [1.29, 1.82) is 0 Å². The fraction of sp³-hybridized carbons (Fsp3) is 0.333. The summed E-state index contributed by atoms with van der Waals surface area (Å²) in [7, 11) is 0. The Hall–Kier alpha value is -2.10. The fourth-order valence-electron chi connectivity index (χ4n) is 2.26. The number of hydrogen-bond acceptors (Lipinski definition) is 2. The Bertz CT molecular complexity index is 522. The average Bonchev–Trinajstić information content (AvgIpc) is 2.35. The third-order valence-corrected chi connectivity index (χ3v) is 3.39. The number of carboxylic acid groups (broad SMARTS) is 1. The van der Waals surface area contributed by atoms with Gasteiger partial charge in [0.15, 0.2) is 0 Å². The minimum absolute atomic E-state index is 0.199. The zero-order valence-electron chi connectivity index (χ0n) is 10.8. The maximum atomic E-state index is 12.1. The molecule has 4 heteroatoms. The first-order chi connectivity index (χ1) is 9.13. The zero-order chi connectivity index (χ0) is 13.8. The topological polar surface area (TPSA) is 66.4 Å². The molecule has 0 aromatic heterocycles. The monoisotopic (exact) mass is 259 g/mol. The molecule has 2 rings (SSSR count). The molecule has 1 amide bonds. The molecular formula is C15H17NO3. The molecule has 2 atom stereocenters. The Morgan fingerprint density at radius 1 is 1.47 bits per heavy atom. The van der Waals surface area contributed by atoms with Crippen LogP contribution in [-0.4, -0.2) is 23.0 Å². The molecule has 2 unspecified atom stereocenters. The smallest absolute Gasteiger partial charge is 0.326 e. The van der Waals surface area contributed by atoms with Gasteiger partial charge < -0.3 is 10.4 Å². The van der Waals surface area contributed by atoms with Gasteiger partial charge in [-0.05, 0) is 30.9 Å². The zero-order valence-corrected chi connectivity index (χ0v) is 10.8. The molecule has 0 fully saturated rings. The van der Waals surface area contributed by atoms with Crippen LogP contribution in [0.15, 0.2) is 36.4 Å². The van der Waals surface area contributed by atoms with Crippen LogP contribution in [0.2, 0.25) is 0 Å². The van der Waals surface area contributed by atoms with Gasteiger partial charge in [-0.15, -0.1) is 0 Å². The first kappa shape index (κ1) is 13.3. The lowest BCUT2D eigenvalue weighted by Crippen LogP contribution is -2.45. The van der Waals surface area contributed by atoms with E-state index < -0.39 is 12.0 Å². The number of fused-ring (bicyclic) bond motifs is 1. The van der Waals surface area contributed by atoms with Gasteiger partial charge in [-0.3, -0.25) is 4.79 Å². The Balaban J connectivity index is 2.00. The fourth-order valence-corrected chi connectivity index (χ4v) is 2.26. The Morgan fingerprint density at radius 3 is 2.84 bits per heavy atom. The van der Waals surface area contributed by atoms with Crippen LogP contribution < -0.4 is 5.32 Å². The molecule has 2 N–H and O–H groups in total. The van der Waals surface area contributed by atoms with Crippen LogP contribution in [0.4, 0.5) is 0 Å². The van der Waals surface area contributed by atoms with Gasteiger partial charge in [0.25, 0.3) is 0 Å². The van der Waals surface area contributed by atoms with Crippen molar-refractivity contribution in [3.8, 4) is 0 Å². The molecule has 0 bridgehead atoms. The quantitative estimate of drug-likeness (QED) is 0.793. The van der Waals surface area contributed by atoms with E-state index in [1.807, 2.05) is 31.2 Å². The molecule has 100 valence electrons. The van der Waals surface area contributed by atoms with Crippen molar-refractivity contribution in [2.24, 2.45) is 0 Å². The number of rotatable bonds is 5. The lowest BCUT2D eigenvalue weighted by molar-refractivity contribution is -0.142. The second kappa shape index (κ2) is 5.69. The van der Waals surface area contributed by atoms with Crippen LogP contribution in [0.3, 0.4) is 0 Å². The summed E-state index contributed by atoms with van der Waals surface area (Å²) in [4.78, 5) is 23.1. The highest BCUT2D eigenvalue weighted by atomic mass is 16.4. The predicted molar refractivity (Wildman–Crippen MR) is 71.9 cm³/mol. The Kier molecular flexibility index (Phi) is 4.00. The van der Waals surface area contributed by atoms with Crippen LogP contribution >= 0.6 is 0 Å². The van der Waals surface area contributed by atoms with Crippen molar-refractivity contribution >= 4 is 11.9 Å². The molecule has 0 saturated heterocycles. The van der Waals surface area contributed by atoms with E-state index in [2.05, 4.69) is 5.32 Å². The van der Waals surface area contributed by atoms with E-state index in [0.717, 1.165) is 5.56 Å². The number of aliphatic carboxylic acids is 1. The molecule has 1 aliphatic rings. The van der Waals surface area contributed by atoms with Crippen LogP contribution in [0.25, 0.3) is 0 Å². The molecule has 0 radical (unpaired) electrons. The maximum Gasteiger partial charge on any atom is 0.326 e. The van der Waals surface area contributed by atoms with Crippen molar-refractivity contribution in [3.05, 3.63) is 47.5 Å². The summed E-state index contributed by atoms with van der Waals surface area (Å²) in [6.07, 6.45) is 4.53. The van der Waals surface area contributed by atoms with Gasteiger partial charge in [0.1, 0.15) is 6.04 Å². The number of benzene rings is 1. The maximum absolute atomic E-state index is 12.1. The third-order valence-electron chi connectivity index (χ3n) is 3.39. The molecule has 1 aliphatic carbocycles. The van der Waals surface area contributed by atoms with Crippen molar-refractivity contribution < 1.29 is 14.7 Å². The lowest BCUT2D eigenvalue weighted by Gasteiger charge is -2.29. The number of carboxylic acids is 1. The molecule has 0 saturated carbocycles. The van der Waals surface area contributed by atoms with E-state index in [-0.39, 0.29) is 11.8 Å². The normalized spacial score (nSPS) is 18.5. The van der Waals surface area contributed by atoms with Crippen molar-refractivity contribution in [2.45, 2.75) is 31.7 Å². The van der Waals surface area contributed by atoms with Crippen LogP contribution in [-0.2, 0) is 16.0 Å². The van der Waals surface area contributed by atoms with Crippen LogP contribution in [0.5, 0.6) is 0 Å². The van der Waals surface area contributed by atoms with E-state index in [1.165, 1.54) is 5.56 Å². The second-order valence-electron chi connectivity index (χ2n) is 4.66. The summed E-state index contributed by atoms with van der Waals surface area (Å²) in [5.74, 6) is -1.40. The Morgan fingerprint density at radius 2 is 2.21 bits per heavy atom. The first-order valence-corrected chi connectivity index (χ1v) is 6.35. The summed E-state index contributed by atoms with van der Waals surface area (Å²) in [5, 5.41) is 11.7. The van der Waals surface area contributed by atoms with Gasteiger partial charge in [0, 0.05) is 0 Å². The van der Waals surface area contributed by atoms with Crippen molar-refractivity contribution in [2.75, 3.05) is 0 Å². The SMILES string of the molecule is C/C=C/CC(NC(=O)C1Cc2ccccc21)C(=O)O. The van der Waals surface area contributed by atoms with Gasteiger partial charge in [0.05, 0.1) is 5.92 Å². The largest absolute Gasteiger partial charge is 0.480 e. The number of hydrogen-bond donors (Lipinski definition) is 2. The molecule has 0 spiro atoms. The highest BCUT2D eigenvalue weighted by molar-refractivity contribution is 5.90. The highest BCUT2D eigenvalue weighted by Crippen LogP contribution is 2.34. The minimum atomic E-state index is -1.00. The first-order valence-electron chi connectivity index (χ1n) is 6.35. The number of nitrogens with one attached hydrogen (secondary N) is 1. The number of carbonyl (C=O) groups is 2. The molecule has 0 heterocycles. The lowest BCUT2D eigenvalue weighted by atomic mass is 9.77. The summed E-state index contributed by atoms with van der Waals surface area (Å²) in [5.41, 5.74) is 2.18. The van der Waals surface area contributed by atoms with Gasteiger partial charge in [-0.2, -0.15) is 0 Å². The number of allylic oxidation sites excluding steroid dienone is 1. The van der Waals surface area contributed by atoms with E-state index >= 15 is 0 Å². The number of carbonyl (C=O) groups excluding carboxylic acids is 1. The van der Waals surface area contributed by atoms with Gasteiger partial charge in [-0.25, -0.2) is 4.79 Å². The van der Waals surface area contributed by atoms with Gasteiger partial charge >= 0.3 is 5.97 Å². The van der Waals surface area contributed by atoms with E-state index in [0.29, 0.717) is 12.8 Å². The van der Waals surface area contributed by atoms with E-state index in [9.17, 15) is 9.59 Å². The van der Waals surface area contributed by atoms with E-state index in [4.69, 9.17) is 5.11 Å². The highest BCUT2D eigenvalue weighted by Gasteiger charge is 2.33. The summed E-state index contributed by atoms with van der Waals surface area (Å²) in [6, 6.07) is 6.90.